The van der Waals surface area contributed by atoms with E-state index in [2.05, 4.69) is 26.6 Å². The number of amides is 1. The summed E-state index contributed by atoms with van der Waals surface area (Å²) in [6.45, 7) is 5.64. The number of rotatable bonds is 5. The molecule has 0 saturated carbocycles. The van der Waals surface area contributed by atoms with E-state index in [1.54, 1.807) is 4.57 Å². The van der Waals surface area contributed by atoms with Crippen molar-refractivity contribution in [1.82, 2.24) is 15.2 Å². The first-order valence-electron chi connectivity index (χ1n) is 5.38. The second-order valence-corrected chi connectivity index (χ2v) is 4.74. The van der Waals surface area contributed by atoms with Crippen LogP contribution in [0.4, 0.5) is 0 Å². The Bertz CT molecular complexity index is 368. The number of halogens is 2. The van der Waals surface area contributed by atoms with E-state index in [4.69, 9.17) is 0 Å². The van der Waals surface area contributed by atoms with E-state index >= 15 is 0 Å². The smallest absolute Gasteiger partial charge is 0.267 e. The predicted molar refractivity (Wildman–Crippen MR) is 75.8 cm³/mol. The first-order chi connectivity index (χ1) is 7.54. The minimum Gasteiger partial charge on any atom is -0.349 e. The van der Waals surface area contributed by atoms with Crippen molar-refractivity contribution in [2.75, 3.05) is 13.1 Å². The Hall–Kier alpha value is -0.520. The number of carbonyl (C=O) groups is 1. The maximum absolute atomic E-state index is 11.8. The zero-order valence-electron chi connectivity index (χ0n) is 10.3. The summed E-state index contributed by atoms with van der Waals surface area (Å²) in [6.07, 6.45) is 1.86. The number of hydrogen-bond donors (Lipinski definition) is 2. The van der Waals surface area contributed by atoms with Crippen LogP contribution in [0.1, 0.15) is 24.3 Å². The molecule has 0 aliphatic heterocycles. The quantitative estimate of drug-likeness (QED) is 0.869. The van der Waals surface area contributed by atoms with Gasteiger partial charge in [0.2, 0.25) is 0 Å². The molecule has 98 valence electrons. The molecule has 0 aliphatic carbocycles. The topological polar surface area (TPSA) is 46.1 Å². The van der Waals surface area contributed by atoms with Gasteiger partial charge in [0.05, 0.1) is 0 Å². The van der Waals surface area contributed by atoms with E-state index < -0.39 is 0 Å². The lowest BCUT2D eigenvalue weighted by Crippen LogP contribution is -2.39. The van der Waals surface area contributed by atoms with Gasteiger partial charge in [-0.1, -0.05) is 6.92 Å². The summed E-state index contributed by atoms with van der Waals surface area (Å²) in [5, 5.41) is 6.14. The van der Waals surface area contributed by atoms with Gasteiger partial charge >= 0.3 is 0 Å². The maximum Gasteiger partial charge on any atom is 0.267 e. The van der Waals surface area contributed by atoms with Crippen molar-refractivity contribution < 1.29 is 4.79 Å². The Morgan fingerprint density at radius 1 is 1.59 bits per heavy atom. The number of nitrogens with one attached hydrogen (secondary N) is 2. The fourth-order valence-electron chi connectivity index (χ4n) is 1.51. The van der Waals surface area contributed by atoms with Gasteiger partial charge in [0.15, 0.2) is 0 Å². The molecule has 1 aromatic heterocycles. The Morgan fingerprint density at radius 3 is 2.71 bits per heavy atom. The summed E-state index contributed by atoms with van der Waals surface area (Å²) in [5.41, 5.74) is 0.663. The van der Waals surface area contributed by atoms with Crippen molar-refractivity contribution in [3.8, 4) is 0 Å². The second-order valence-electron chi connectivity index (χ2n) is 3.82. The number of carbonyl (C=O) groups excluding carboxylic acids is 1. The van der Waals surface area contributed by atoms with Gasteiger partial charge in [0, 0.05) is 30.3 Å². The van der Waals surface area contributed by atoms with Crippen LogP contribution in [0.15, 0.2) is 16.7 Å². The normalized spacial score (nSPS) is 11.8. The standard InChI is InChI=1S/C11H18BrN3O.ClH/c1-4-13-8(2)6-14-11(16)10-5-9(12)7-15(10)3;/h5,7-8,13H,4,6H2,1-3H3,(H,14,16);1H/t8-;/m1./s1. The van der Waals surface area contributed by atoms with Crippen LogP contribution in [0.3, 0.4) is 0 Å². The summed E-state index contributed by atoms with van der Waals surface area (Å²) in [4.78, 5) is 11.8. The lowest BCUT2D eigenvalue weighted by atomic mass is 10.3. The molecule has 0 fully saturated rings. The third-order valence-electron chi connectivity index (χ3n) is 2.33. The highest BCUT2D eigenvalue weighted by atomic mass is 79.9. The van der Waals surface area contributed by atoms with Crippen LogP contribution in [0.5, 0.6) is 0 Å². The van der Waals surface area contributed by atoms with Gasteiger partial charge in [0.25, 0.3) is 5.91 Å². The van der Waals surface area contributed by atoms with Crippen LogP contribution in [0, 0.1) is 0 Å². The van der Waals surface area contributed by atoms with Crippen molar-refractivity contribution in [1.29, 1.82) is 0 Å². The SMILES string of the molecule is CCN[C@H](C)CNC(=O)c1cc(Br)cn1C.Cl. The number of likely N-dealkylation sites (N-methyl/N-ethyl adjacent to an activating group) is 1. The molecule has 0 aromatic carbocycles. The summed E-state index contributed by atoms with van der Waals surface area (Å²) in [6, 6.07) is 2.10. The van der Waals surface area contributed by atoms with E-state index in [1.807, 2.05) is 33.2 Å². The van der Waals surface area contributed by atoms with E-state index in [1.165, 1.54) is 0 Å². The molecule has 0 radical (unpaired) electrons. The van der Waals surface area contributed by atoms with Gasteiger partial charge in [-0.05, 0) is 35.5 Å². The number of hydrogen-bond acceptors (Lipinski definition) is 2. The first-order valence-corrected chi connectivity index (χ1v) is 6.17. The molecule has 0 saturated heterocycles. The van der Waals surface area contributed by atoms with Crippen molar-refractivity contribution in [3.63, 3.8) is 0 Å². The van der Waals surface area contributed by atoms with Crippen LogP contribution in [-0.2, 0) is 7.05 Å². The Labute approximate surface area is 117 Å². The van der Waals surface area contributed by atoms with Gasteiger partial charge in [-0.15, -0.1) is 12.4 Å². The molecule has 1 heterocycles. The third-order valence-corrected chi connectivity index (χ3v) is 2.76. The molecule has 0 bridgehead atoms. The molecule has 1 aromatic rings. The van der Waals surface area contributed by atoms with E-state index in [9.17, 15) is 4.79 Å². The minimum atomic E-state index is -0.0436. The third kappa shape index (κ3) is 5.10. The molecule has 1 rings (SSSR count). The number of nitrogens with zero attached hydrogens (tertiary/aromatic N) is 1. The maximum atomic E-state index is 11.8. The van der Waals surface area contributed by atoms with Gasteiger partial charge in [-0.3, -0.25) is 4.79 Å². The number of aryl methyl sites for hydroxylation is 1. The molecular weight excluding hydrogens is 305 g/mol. The van der Waals surface area contributed by atoms with Crippen LogP contribution >= 0.6 is 28.3 Å². The fraction of sp³-hybridized carbons (Fsp3) is 0.545. The van der Waals surface area contributed by atoms with Gasteiger partial charge in [-0.2, -0.15) is 0 Å². The molecule has 1 amide bonds. The lowest BCUT2D eigenvalue weighted by molar-refractivity contribution is 0.0942. The highest BCUT2D eigenvalue weighted by Gasteiger charge is 2.11. The van der Waals surface area contributed by atoms with Gasteiger partial charge in [0.1, 0.15) is 5.69 Å². The number of aromatic nitrogens is 1. The lowest BCUT2D eigenvalue weighted by Gasteiger charge is -2.13. The molecule has 6 heteroatoms. The summed E-state index contributed by atoms with van der Waals surface area (Å²) >= 11 is 3.34. The van der Waals surface area contributed by atoms with E-state index in [-0.39, 0.29) is 24.4 Å². The first kappa shape index (κ1) is 16.5. The zero-order valence-corrected chi connectivity index (χ0v) is 12.7. The molecule has 0 spiro atoms. The predicted octanol–water partition coefficient (Wildman–Crippen LogP) is 1.94. The van der Waals surface area contributed by atoms with Gasteiger partial charge in [-0.25, -0.2) is 0 Å². The summed E-state index contributed by atoms with van der Waals surface area (Å²) < 4.78 is 2.72. The van der Waals surface area contributed by atoms with Crippen molar-refractivity contribution in [2.24, 2.45) is 7.05 Å². The average molecular weight is 325 g/mol. The Balaban J connectivity index is 0.00000256. The largest absolute Gasteiger partial charge is 0.349 e. The molecule has 4 nitrogen and oxygen atoms in total. The highest BCUT2D eigenvalue weighted by Crippen LogP contribution is 2.13. The zero-order chi connectivity index (χ0) is 12.1. The molecule has 1 atom stereocenters. The minimum absolute atomic E-state index is 0. The van der Waals surface area contributed by atoms with Crippen LogP contribution in [0.2, 0.25) is 0 Å². The van der Waals surface area contributed by atoms with Crippen molar-refractivity contribution in [2.45, 2.75) is 19.9 Å². The molecule has 2 N–H and O–H groups in total. The highest BCUT2D eigenvalue weighted by molar-refractivity contribution is 9.10. The molecule has 17 heavy (non-hydrogen) atoms. The van der Waals surface area contributed by atoms with Crippen LogP contribution < -0.4 is 10.6 Å². The van der Waals surface area contributed by atoms with Crippen LogP contribution in [-0.4, -0.2) is 29.6 Å². The van der Waals surface area contributed by atoms with E-state index in [0.29, 0.717) is 12.2 Å². The van der Waals surface area contributed by atoms with Gasteiger partial charge < -0.3 is 15.2 Å². The summed E-state index contributed by atoms with van der Waals surface area (Å²) in [7, 11) is 1.85. The Morgan fingerprint density at radius 2 is 2.24 bits per heavy atom. The average Bonchev–Trinajstić information content (AvgIpc) is 2.55. The fourth-order valence-corrected chi connectivity index (χ4v) is 2.03. The Kier molecular flexibility index (Phi) is 7.50. The van der Waals surface area contributed by atoms with Crippen molar-refractivity contribution in [3.05, 3.63) is 22.4 Å². The molecule has 0 aliphatic rings. The van der Waals surface area contributed by atoms with Crippen LogP contribution in [0.25, 0.3) is 0 Å². The van der Waals surface area contributed by atoms with E-state index in [0.717, 1.165) is 11.0 Å². The summed E-state index contributed by atoms with van der Waals surface area (Å²) in [5.74, 6) is -0.0436. The second kappa shape index (κ2) is 7.74. The molecule has 0 unspecified atom stereocenters. The van der Waals surface area contributed by atoms with Crippen molar-refractivity contribution >= 4 is 34.2 Å². The monoisotopic (exact) mass is 323 g/mol. The molecular formula is C11H19BrClN3O.